The Bertz CT molecular complexity index is 1130. The zero-order chi connectivity index (χ0) is 24.7. The van der Waals surface area contributed by atoms with Crippen molar-refractivity contribution in [3.63, 3.8) is 0 Å². The lowest BCUT2D eigenvalue weighted by Gasteiger charge is -2.30. The summed E-state index contributed by atoms with van der Waals surface area (Å²) in [6, 6.07) is 16.7. The zero-order valence-corrected chi connectivity index (χ0v) is 21.0. The van der Waals surface area contributed by atoms with Crippen LogP contribution in [0.5, 0.6) is 0 Å². The van der Waals surface area contributed by atoms with Crippen LogP contribution < -0.4 is 5.32 Å². The van der Waals surface area contributed by atoms with Crippen LogP contribution in [-0.4, -0.2) is 65.2 Å². The van der Waals surface area contributed by atoms with Gasteiger partial charge in [0, 0.05) is 37.7 Å². The van der Waals surface area contributed by atoms with Gasteiger partial charge < -0.3 is 14.6 Å². The summed E-state index contributed by atoms with van der Waals surface area (Å²) in [5.74, 6) is 1.43. The number of hydrogen-bond donors (Lipinski definition) is 1. The second kappa shape index (κ2) is 11.8. The molecular formula is C28H35N5O3. The molecule has 1 aromatic heterocycles. The molecule has 5 rings (SSSR count). The number of aromatic nitrogens is 2. The summed E-state index contributed by atoms with van der Waals surface area (Å²) in [4.78, 5) is 22.0. The minimum absolute atomic E-state index is 0.0485. The Balaban J connectivity index is 1.04. The molecule has 0 spiro atoms. The van der Waals surface area contributed by atoms with Crippen molar-refractivity contribution in [2.75, 3.05) is 39.4 Å². The Morgan fingerprint density at radius 3 is 2.44 bits per heavy atom. The summed E-state index contributed by atoms with van der Waals surface area (Å²) in [6.45, 7) is 9.47. The largest absolute Gasteiger partial charge is 0.379 e. The quantitative estimate of drug-likeness (QED) is 0.519. The maximum Gasteiger partial charge on any atom is 0.241 e. The van der Waals surface area contributed by atoms with Gasteiger partial charge in [0.1, 0.15) is 0 Å². The molecule has 2 saturated heterocycles. The molecule has 2 aliphatic heterocycles. The normalized spacial score (nSPS) is 17.8. The van der Waals surface area contributed by atoms with E-state index < -0.39 is 0 Å². The van der Waals surface area contributed by atoms with Gasteiger partial charge in [-0.25, -0.2) is 0 Å². The SMILES string of the molecule is Cc1cccc(-c2noc(CN3CCC(C(=O)NCc4ccc(CN5CCOCC5)cc4)CC3)n2)c1. The number of piperidine rings is 1. The van der Waals surface area contributed by atoms with Crippen LogP contribution in [0.4, 0.5) is 0 Å². The van der Waals surface area contributed by atoms with Crippen molar-refractivity contribution in [1.82, 2.24) is 25.3 Å². The summed E-state index contributed by atoms with van der Waals surface area (Å²) in [6.07, 6.45) is 1.67. The van der Waals surface area contributed by atoms with Gasteiger partial charge in [0.05, 0.1) is 19.8 Å². The number of aryl methyl sites for hydroxylation is 1. The molecule has 0 unspecified atom stereocenters. The Kier molecular flexibility index (Phi) is 8.05. The molecule has 2 aromatic carbocycles. The fourth-order valence-corrected chi connectivity index (χ4v) is 4.88. The molecule has 0 radical (unpaired) electrons. The average Bonchev–Trinajstić information content (AvgIpc) is 3.38. The number of carbonyl (C=O) groups excluding carboxylic acids is 1. The predicted octanol–water partition coefficient (Wildman–Crippen LogP) is 3.41. The summed E-state index contributed by atoms with van der Waals surface area (Å²) < 4.78 is 10.9. The molecule has 1 amide bonds. The first-order valence-electron chi connectivity index (χ1n) is 12.9. The van der Waals surface area contributed by atoms with Gasteiger partial charge in [-0.3, -0.25) is 14.6 Å². The molecule has 0 atom stereocenters. The van der Waals surface area contributed by atoms with Gasteiger partial charge in [0.25, 0.3) is 0 Å². The first kappa shape index (κ1) is 24.6. The molecule has 8 heteroatoms. The standard InChI is InChI=1S/C28H35N5O3/c1-21-3-2-4-25(17-21)27-30-26(36-31-27)20-32-11-9-24(10-12-32)28(34)29-18-22-5-7-23(8-6-22)19-33-13-15-35-16-14-33/h2-8,17,24H,9-16,18-20H2,1H3,(H,29,34). The van der Waals surface area contributed by atoms with Gasteiger partial charge in [-0.1, -0.05) is 53.2 Å². The number of ether oxygens (including phenoxy) is 1. The minimum Gasteiger partial charge on any atom is -0.379 e. The van der Waals surface area contributed by atoms with E-state index in [0.717, 1.165) is 69.9 Å². The molecule has 8 nitrogen and oxygen atoms in total. The van der Waals surface area contributed by atoms with Gasteiger partial charge in [-0.2, -0.15) is 4.98 Å². The lowest BCUT2D eigenvalue weighted by atomic mass is 9.96. The van der Waals surface area contributed by atoms with Gasteiger partial charge in [-0.05, 0) is 50.0 Å². The fourth-order valence-electron chi connectivity index (χ4n) is 4.88. The van der Waals surface area contributed by atoms with Crippen LogP contribution in [0, 0.1) is 12.8 Å². The average molecular weight is 490 g/mol. The second-order valence-electron chi connectivity index (χ2n) is 9.85. The Morgan fingerprint density at radius 1 is 0.972 bits per heavy atom. The third-order valence-electron chi connectivity index (χ3n) is 7.06. The maximum absolute atomic E-state index is 12.8. The second-order valence-corrected chi connectivity index (χ2v) is 9.85. The number of carbonyl (C=O) groups is 1. The minimum atomic E-state index is 0.0485. The highest BCUT2D eigenvalue weighted by atomic mass is 16.5. The third-order valence-corrected chi connectivity index (χ3v) is 7.06. The van der Waals surface area contributed by atoms with E-state index in [2.05, 4.69) is 55.6 Å². The van der Waals surface area contributed by atoms with Crippen LogP contribution in [-0.2, 0) is 29.2 Å². The topological polar surface area (TPSA) is 83.7 Å². The summed E-state index contributed by atoms with van der Waals surface area (Å²) in [5, 5.41) is 7.27. The van der Waals surface area contributed by atoms with Crippen LogP contribution in [0.1, 0.15) is 35.4 Å². The highest BCUT2D eigenvalue weighted by molar-refractivity contribution is 5.78. The van der Waals surface area contributed by atoms with Crippen molar-refractivity contribution in [3.8, 4) is 11.4 Å². The summed E-state index contributed by atoms with van der Waals surface area (Å²) in [7, 11) is 0. The van der Waals surface area contributed by atoms with Crippen molar-refractivity contribution in [2.24, 2.45) is 5.92 Å². The van der Waals surface area contributed by atoms with Crippen LogP contribution in [0.15, 0.2) is 53.1 Å². The van der Waals surface area contributed by atoms with Crippen LogP contribution in [0.3, 0.4) is 0 Å². The number of hydrogen-bond acceptors (Lipinski definition) is 7. The molecule has 1 N–H and O–H groups in total. The molecule has 2 fully saturated rings. The first-order valence-corrected chi connectivity index (χ1v) is 12.9. The van der Waals surface area contributed by atoms with E-state index >= 15 is 0 Å². The Morgan fingerprint density at radius 2 is 1.69 bits per heavy atom. The molecule has 3 aromatic rings. The zero-order valence-electron chi connectivity index (χ0n) is 21.0. The van der Waals surface area contributed by atoms with Gasteiger partial charge in [0.2, 0.25) is 17.6 Å². The van der Waals surface area contributed by atoms with E-state index in [1.807, 2.05) is 25.1 Å². The van der Waals surface area contributed by atoms with E-state index in [1.165, 1.54) is 11.1 Å². The van der Waals surface area contributed by atoms with Crippen molar-refractivity contribution < 1.29 is 14.1 Å². The maximum atomic E-state index is 12.8. The van der Waals surface area contributed by atoms with Crippen molar-refractivity contribution in [1.29, 1.82) is 0 Å². The third kappa shape index (κ3) is 6.57. The highest BCUT2D eigenvalue weighted by Gasteiger charge is 2.26. The van der Waals surface area contributed by atoms with E-state index in [0.29, 0.717) is 24.8 Å². The van der Waals surface area contributed by atoms with Crippen molar-refractivity contribution >= 4 is 5.91 Å². The van der Waals surface area contributed by atoms with Crippen LogP contribution in [0.25, 0.3) is 11.4 Å². The number of morpholine rings is 1. The fraction of sp³-hybridized carbons (Fsp3) is 0.464. The highest BCUT2D eigenvalue weighted by Crippen LogP contribution is 2.21. The Hall–Kier alpha value is -3.07. The van der Waals surface area contributed by atoms with Crippen LogP contribution in [0.2, 0.25) is 0 Å². The molecular weight excluding hydrogens is 454 g/mol. The number of nitrogens with zero attached hydrogens (tertiary/aromatic N) is 4. The van der Waals surface area contributed by atoms with Crippen molar-refractivity contribution in [3.05, 3.63) is 71.1 Å². The van der Waals surface area contributed by atoms with Crippen LogP contribution >= 0.6 is 0 Å². The first-order chi connectivity index (χ1) is 17.6. The summed E-state index contributed by atoms with van der Waals surface area (Å²) >= 11 is 0. The number of nitrogens with one attached hydrogen (secondary N) is 1. The van der Waals surface area contributed by atoms with E-state index in [9.17, 15) is 4.79 Å². The number of benzene rings is 2. The lowest BCUT2D eigenvalue weighted by molar-refractivity contribution is -0.126. The molecule has 2 aliphatic rings. The number of amides is 1. The smallest absolute Gasteiger partial charge is 0.241 e. The van der Waals surface area contributed by atoms with Gasteiger partial charge in [-0.15, -0.1) is 0 Å². The monoisotopic (exact) mass is 489 g/mol. The molecule has 0 aliphatic carbocycles. The molecule has 36 heavy (non-hydrogen) atoms. The Labute approximate surface area is 212 Å². The molecule has 3 heterocycles. The van der Waals surface area contributed by atoms with Gasteiger partial charge >= 0.3 is 0 Å². The predicted molar refractivity (Wildman–Crippen MR) is 137 cm³/mol. The van der Waals surface area contributed by atoms with Crippen molar-refractivity contribution in [2.45, 2.75) is 39.4 Å². The van der Waals surface area contributed by atoms with Gasteiger partial charge in [0.15, 0.2) is 0 Å². The lowest BCUT2D eigenvalue weighted by Crippen LogP contribution is -2.40. The molecule has 190 valence electrons. The molecule has 0 bridgehead atoms. The van der Waals surface area contributed by atoms with E-state index in [1.54, 1.807) is 0 Å². The number of likely N-dealkylation sites (tertiary alicyclic amines) is 1. The van der Waals surface area contributed by atoms with E-state index in [-0.39, 0.29) is 11.8 Å². The molecule has 0 saturated carbocycles. The summed E-state index contributed by atoms with van der Waals surface area (Å²) in [5.41, 5.74) is 4.56. The van der Waals surface area contributed by atoms with E-state index in [4.69, 9.17) is 9.26 Å². The number of rotatable bonds is 8.